The summed E-state index contributed by atoms with van der Waals surface area (Å²) in [5.74, 6) is 0. The molecule has 2 heteroatoms. The Bertz CT molecular complexity index is 172. The van der Waals surface area contributed by atoms with E-state index in [0.717, 1.165) is 0 Å². The van der Waals surface area contributed by atoms with E-state index in [0.29, 0.717) is 5.06 Å². The molecule has 42 valence electrons. The van der Waals surface area contributed by atoms with E-state index in [9.17, 15) is 0 Å². The van der Waals surface area contributed by atoms with Crippen molar-refractivity contribution in [3.8, 4) is 0 Å². The van der Waals surface area contributed by atoms with Crippen molar-refractivity contribution in [3.63, 3.8) is 0 Å². The average Bonchev–Trinajstić information content (AvgIpc) is 1.94. The van der Waals surface area contributed by atoms with Gasteiger partial charge in [-0.15, -0.1) is 0 Å². The van der Waals surface area contributed by atoms with Crippen LogP contribution in [0.4, 0.5) is 0 Å². The second-order valence-corrected chi connectivity index (χ2v) is 1.52. The van der Waals surface area contributed by atoms with E-state index in [1.54, 1.807) is 0 Å². The maximum Gasteiger partial charge on any atom is 0.0489 e. The molecule has 1 saturated heterocycles. The van der Waals surface area contributed by atoms with Gasteiger partial charge in [-0.2, -0.15) is 5.06 Å². The van der Waals surface area contributed by atoms with Gasteiger partial charge in [0.25, 0.3) is 0 Å². The molecule has 0 aliphatic carbocycles. The molecule has 7 heavy (non-hydrogen) atoms. The largest absolute Gasteiger partial charge is 0.314 e. The topological polar surface area (TPSA) is 23.5 Å². The van der Waals surface area contributed by atoms with Crippen LogP contribution in [0.25, 0.3) is 0 Å². The second kappa shape index (κ2) is 1.80. The lowest BCUT2D eigenvalue weighted by Gasteiger charge is -2.09. The molecule has 1 aliphatic heterocycles. The molecule has 0 aromatic rings. The van der Waals surface area contributed by atoms with Crippen LogP contribution in [0.5, 0.6) is 0 Å². The summed E-state index contributed by atoms with van der Waals surface area (Å²) in [4.78, 5) is 0. The Morgan fingerprint density at radius 2 is 2.86 bits per heavy atom. The van der Waals surface area contributed by atoms with E-state index >= 15 is 0 Å². The monoisotopic (exact) mass is 105 g/mol. The Labute approximate surface area is 49.3 Å². The van der Waals surface area contributed by atoms with Crippen LogP contribution < -0.4 is 0 Å². The van der Waals surface area contributed by atoms with Gasteiger partial charge in [0, 0.05) is 18.0 Å². The van der Waals surface area contributed by atoms with Gasteiger partial charge in [0.15, 0.2) is 0 Å². The summed E-state index contributed by atoms with van der Waals surface area (Å²) < 4.78 is 29.1. The van der Waals surface area contributed by atoms with Crippen molar-refractivity contribution < 1.29 is 10.7 Å². The smallest absolute Gasteiger partial charge is 0.0489 e. The van der Waals surface area contributed by atoms with Crippen LogP contribution in [0, 0.1) is 0 Å². The zero-order valence-electron chi connectivity index (χ0n) is 8.18. The zero-order chi connectivity index (χ0) is 8.86. The molecule has 0 saturated carbocycles. The Balaban J connectivity index is 2.89. The van der Waals surface area contributed by atoms with E-state index in [4.69, 9.17) is 10.7 Å². The van der Waals surface area contributed by atoms with E-state index in [-0.39, 0.29) is 6.42 Å². The minimum absolute atomic E-state index is 0.122. The minimum Gasteiger partial charge on any atom is -0.314 e. The van der Waals surface area contributed by atoms with Crippen LogP contribution in [0.1, 0.15) is 25.2 Å². The first-order valence-electron chi connectivity index (χ1n) is 4.28. The Kier molecular flexibility index (Phi) is 0.523. The Morgan fingerprint density at radius 1 is 2.14 bits per heavy atom. The molecule has 2 nitrogen and oxygen atoms in total. The third kappa shape index (κ3) is 0.924. The first-order valence-corrected chi connectivity index (χ1v) is 2.20. The SMILES string of the molecule is [2H]C1CC([2H])([2H])N(O)C1([2H])C. The number of rotatable bonds is 0. The lowest BCUT2D eigenvalue weighted by Crippen LogP contribution is -2.21. The molecule has 0 bridgehead atoms. The maximum absolute atomic E-state index is 9.11. The van der Waals surface area contributed by atoms with E-state index < -0.39 is 18.9 Å². The molecule has 0 aromatic heterocycles. The predicted octanol–water partition coefficient (Wildman–Crippen LogP) is 0.860. The van der Waals surface area contributed by atoms with Gasteiger partial charge >= 0.3 is 0 Å². The summed E-state index contributed by atoms with van der Waals surface area (Å²) in [7, 11) is 0. The summed E-state index contributed by atoms with van der Waals surface area (Å²) in [5, 5.41) is 9.42. The van der Waals surface area contributed by atoms with Gasteiger partial charge in [-0.3, -0.25) is 0 Å². The van der Waals surface area contributed by atoms with Gasteiger partial charge in [0.05, 0.1) is 0 Å². The fourth-order valence-corrected chi connectivity index (χ4v) is 0.491. The van der Waals surface area contributed by atoms with Crippen LogP contribution >= 0.6 is 0 Å². The number of hydroxylamine groups is 2. The lowest BCUT2D eigenvalue weighted by molar-refractivity contribution is -0.0969. The highest BCUT2D eigenvalue weighted by molar-refractivity contribution is 4.66. The highest BCUT2D eigenvalue weighted by Crippen LogP contribution is 2.12. The van der Waals surface area contributed by atoms with Gasteiger partial charge < -0.3 is 5.21 Å². The fraction of sp³-hybridized carbons (Fsp3) is 1.00. The van der Waals surface area contributed by atoms with Crippen LogP contribution in [-0.2, 0) is 0 Å². The highest BCUT2D eigenvalue weighted by atomic mass is 16.5. The van der Waals surface area contributed by atoms with Gasteiger partial charge in [-0.25, -0.2) is 0 Å². The Morgan fingerprint density at radius 3 is 3.00 bits per heavy atom. The van der Waals surface area contributed by atoms with Crippen molar-refractivity contribution in [2.24, 2.45) is 0 Å². The molecule has 1 rings (SSSR count). The molecule has 2 atom stereocenters. The summed E-state index contributed by atoms with van der Waals surface area (Å²) in [6.07, 6.45) is -1.02. The van der Waals surface area contributed by atoms with E-state index in [1.165, 1.54) is 6.92 Å². The van der Waals surface area contributed by atoms with Crippen molar-refractivity contribution >= 4 is 0 Å². The minimum atomic E-state index is -1.93. The van der Waals surface area contributed by atoms with Gasteiger partial charge in [0.1, 0.15) is 0 Å². The molecule has 2 unspecified atom stereocenters. The van der Waals surface area contributed by atoms with Crippen LogP contribution in [0.2, 0.25) is 0 Å². The first kappa shape index (κ1) is 2.03. The van der Waals surface area contributed by atoms with Crippen molar-refractivity contribution in [1.82, 2.24) is 5.06 Å². The number of hydrogen-bond donors (Lipinski definition) is 1. The first-order chi connectivity index (χ1) is 4.78. The molecular formula is C5H11NO. The summed E-state index contributed by atoms with van der Waals surface area (Å²) >= 11 is 0. The number of hydrogen-bond acceptors (Lipinski definition) is 2. The van der Waals surface area contributed by atoms with Gasteiger partial charge in [0.2, 0.25) is 0 Å². The second-order valence-electron chi connectivity index (χ2n) is 1.52. The quantitative estimate of drug-likeness (QED) is 0.494. The number of nitrogens with zero attached hydrogens (tertiary/aromatic N) is 1. The molecule has 0 amide bonds. The van der Waals surface area contributed by atoms with Crippen molar-refractivity contribution in [2.45, 2.75) is 25.8 Å². The maximum atomic E-state index is 9.11. The van der Waals surface area contributed by atoms with E-state index in [2.05, 4.69) is 0 Å². The van der Waals surface area contributed by atoms with Crippen LogP contribution in [0.15, 0.2) is 0 Å². The van der Waals surface area contributed by atoms with E-state index in [1.807, 2.05) is 0 Å². The molecule has 1 aliphatic rings. The third-order valence-electron chi connectivity index (χ3n) is 0.973. The third-order valence-corrected chi connectivity index (χ3v) is 0.973. The highest BCUT2D eigenvalue weighted by Gasteiger charge is 2.16. The molecule has 1 heterocycles. The molecule has 0 aromatic carbocycles. The van der Waals surface area contributed by atoms with Crippen molar-refractivity contribution in [1.29, 1.82) is 0 Å². The molecule has 1 fully saturated rings. The molecule has 1 N–H and O–H groups in total. The average molecular weight is 105 g/mol. The normalized spacial score (nSPS) is 70.9. The predicted molar refractivity (Wildman–Crippen MR) is 27.2 cm³/mol. The Hall–Kier alpha value is -0.0800. The van der Waals surface area contributed by atoms with Crippen molar-refractivity contribution in [2.75, 3.05) is 6.50 Å². The van der Waals surface area contributed by atoms with Gasteiger partial charge in [-0.05, 0) is 19.7 Å². The van der Waals surface area contributed by atoms with Crippen molar-refractivity contribution in [3.05, 3.63) is 0 Å². The fourth-order valence-electron chi connectivity index (χ4n) is 0.491. The molecule has 0 radical (unpaired) electrons. The van der Waals surface area contributed by atoms with Crippen LogP contribution in [-0.4, -0.2) is 22.8 Å². The van der Waals surface area contributed by atoms with Crippen LogP contribution in [0.3, 0.4) is 0 Å². The van der Waals surface area contributed by atoms with Gasteiger partial charge in [-0.1, -0.05) is 0 Å². The lowest BCUT2D eigenvalue weighted by atomic mass is 10.3. The molecule has 0 spiro atoms. The standard InChI is InChI=1S/C5H11NO/c1-5-3-2-4-6(5)7/h5,7H,2-4H2,1H3/i3D,4D2,5D. The zero-order valence-corrected chi connectivity index (χ0v) is 4.18. The summed E-state index contributed by atoms with van der Waals surface area (Å²) in [5.41, 5.74) is 0. The summed E-state index contributed by atoms with van der Waals surface area (Å²) in [6.45, 7) is -0.599. The summed E-state index contributed by atoms with van der Waals surface area (Å²) in [6, 6.07) is -1.52. The molecular weight excluding hydrogens is 90.1 g/mol.